The van der Waals surface area contributed by atoms with Crippen LogP contribution < -0.4 is 11.1 Å². The predicted octanol–water partition coefficient (Wildman–Crippen LogP) is 0.487. The standard InChI is InChI=1S/C13H25N3O2/c1-4-9(2)12(14)13(18)15-11-5-7-16(8-6-11)10(3)17/h9,11-12H,4-8,14H2,1-3H3,(H,15,18)/t9?,12-/m0/s1. The Morgan fingerprint density at radius 3 is 2.39 bits per heavy atom. The van der Waals surface area contributed by atoms with E-state index in [-0.39, 0.29) is 23.8 Å². The normalized spacial score (nSPS) is 20.3. The van der Waals surface area contributed by atoms with Gasteiger partial charge in [-0.1, -0.05) is 20.3 Å². The van der Waals surface area contributed by atoms with Gasteiger partial charge < -0.3 is 16.0 Å². The lowest BCUT2D eigenvalue weighted by atomic mass is 9.98. The zero-order chi connectivity index (χ0) is 13.7. The number of hydrogen-bond acceptors (Lipinski definition) is 3. The monoisotopic (exact) mass is 255 g/mol. The first-order chi connectivity index (χ1) is 8.45. The maximum absolute atomic E-state index is 11.9. The van der Waals surface area contributed by atoms with Gasteiger partial charge in [-0.3, -0.25) is 9.59 Å². The molecule has 1 heterocycles. The molecule has 1 fully saturated rings. The molecule has 2 atom stereocenters. The maximum Gasteiger partial charge on any atom is 0.237 e. The van der Waals surface area contributed by atoms with E-state index in [2.05, 4.69) is 5.32 Å². The molecule has 0 aliphatic carbocycles. The number of amides is 2. The second-order valence-electron chi connectivity index (χ2n) is 5.20. The minimum Gasteiger partial charge on any atom is -0.352 e. The third kappa shape index (κ3) is 3.98. The first kappa shape index (κ1) is 15.0. The summed E-state index contributed by atoms with van der Waals surface area (Å²) in [6, 6.07) is -0.274. The van der Waals surface area contributed by atoms with Crippen LogP contribution in [0.2, 0.25) is 0 Å². The van der Waals surface area contributed by atoms with Crippen LogP contribution in [-0.4, -0.2) is 41.9 Å². The lowest BCUT2D eigenvalue weighted by Crippen LogP contribution is -2.51. The molecule has 0 spiro atoms. The summed E-state index contributed by atoms with van der Waals surface area (Å²) in [7, 11) is 0. The molecule has 1 aliphatic rings. The van der Waals surface area contributed by atoms with Crippen molar-refractivity contribution < 1.29 is 9.59 Å². The van der Waals surface area contributed by atoms with Crippen LogP contribution >= 0.6 is 0 Å². The van der Waals surface area contributed by atoms with Gasteiger partial charge in [0.15, 0.2) is 0 Å². The molecule has 1 rings (SSSR count). The molecule has 0 aromatic carbocycles. The van der Waals surface area contributed by atoms with Crippen LogP contribution in [0.1, 0.15) is 40.0 Å². The smallest absolute Gasteiger partial charge is 0.237 e. The largest absolute Gasteiger partial charge is 0.352 e. The first-order valence-electron chi connectivity index (χ1n) is 6.77. The molecule has 5 heteroatoms. The Labute approximate surface area is 109 Å². The van der Waals surface area contributed by atoms with Crippen molar-refractivity contribution in [1.29, 1.82) is 0 Å². The summed E-state index contributed by atoms with van der Waals surface area (Å²) < 4.78 is 0. The molecule has 18 heavy (non-hydrogen) atoms. The summed E-state index contributed by atoms with van der Waals surface area (Å²) in [6.07, 6.45) is 2.54. The Morgan fingerprint density at radius 1 is 1.39 bits per heavy atom. The van der Waals surface area contributed by atoms with E-state index in [9.17, 15) is 9.59 Å². The zero-order valence-corrected chi connectivity index (χ0v) is 11.6. The van der Waals surface area contributed by atoms with Crippen LogP contribution in [0.25, 0.3) is 0 Å². The van der Waals surface area contributed by atoms with Gasteiger partial charge in [0.25, 0.3) is 0 Å². The van der Waals surface area contributed by atoms with E-state index in [1.165, 1.54) is 0 Å². The van der Waals surface area contributed by atoms with Crippen molar-refractivity contribution >= 4 is 11.8 Å². The minimum absolute atomic E-state index is 0.0642. The maximum atomic E-state index is 11.9. The van der Waals surface area contributed by atoms with Crippen molar-refractivity contribution in [3.63, 3.8) is 0 Å². The number of rotatable bonds is 4. The summed E-state index contributed by atoms with van der Waals surface area (Å²) in [4.78, 5) is 24.9. The molecule has 2 amide bonds. The second-order valence-corrected chi connectivity index (χ2v) is 5.20. The molecule has 0 radical (unpaired) electrons. The average Bonchev–Trinajstić information content (AvgIpc) is 2.37. The lowest BCUT2D eigenvalue weighted by molar-refractivity contribution is -0.130. The minimum atomic E-state index is -0.430. The number of nitrogens with zero attached hydrogens (tertiary/aromatic N) is 1. The number of nitrogens with one attached hydrogen (secondary N) is 1. The lowest BCUT2D eigenvalue weighted by Gasteiger charge is -2.32. The van der Waals surface area contributed by atoms with Gasteiger partial charge in [0.1, 0.15) is 0 Å². The Kier molecular flexibility index (Phi) is 5.59. The molecule has 5 nitrogen and oxygen atoms in total. The van der Waals surface area contributed by atoms with E-state index in [0.717, 1.165) is 32.4 Å². The molecular formula is C13H25N3O2. The topological polar surface area (TPSA) is 75.4 Å². The Morgan fingerprint density at radius 2 is 1.94 bits per heavy atom. The van der Waals surface area contributed by atoms with Crippen LogP contribution in [0.3, 0.4) is 0 Å². The number of carbonyl (C=O) groups is 2. The summed E-state index contributed by atoms with van der Waals surface area (Å²) in [6.45, 7) is 7.04. The van der Waals surface area contributed by atoms with Gasteiger partial charge in [0, 0.05) is 26.1 Å². The summed E-state index contributed by atoms with van der Waals surface area (Å²) in [5, 5.41) is 2.99. The van der Waals surface area contributed by atoms with Gasteiger partial charge in [-0.2, -0.15) is 0 Å². The third-order valence-electron chi connectivity index (χ3n) is 3.85. The van der Waals surface area contributed by atoms with Crippen LogP contribution in [-0.2, 0) is 9.59 Å². The number of nitrogens with two attached hydrogens (primary N) is 1. The number of hydrogen-bond donors (Lipinski definition) is 2. The van der Waals surface area contributed by atoms with Gasteiger partial charge in [-0.05, 0) is 18.8 Å². The molecule has 0 aromatic heterocycles. The number of piperidine rings is 1. The number of likely N-dealkylation sites (tertiary alicyclic amines) is 1. The Hall–Kier alpha value is -1.10. The van der Waals surface area contributed by atoms with E-state index >= 15 is 0 Å². The van der Waals surface area contributed by atoms with Crippen molar-refractivity contribution in [1.82, 2.24) is 10.2 Å². The summed E-state index contributed by atoms with van der Waals surface area (Å²) >= 11 is 0. The van der Waals surface area contributed by atoms with Gasteiger partial charge in [-0.25, -0.2) is 0 Å². The summed E-state index contributed by atoms with van der Waals surface area (Å²) in [5.74, 6) is 0.240. The van der Waals surface area contributed by atoms with Gasteiger partial charge in [0.2, 0.25) is 11.8 Å². The van der Waals surface area contributed by atoms with Crippen LogP contribution in [0.15, 0.2) is 0 Å². The third-order valence-corrected chi connectivity index (χ3v) is 3.85. The quantitative estimate of drug-likeness (QED) is 0.767. The van der Waals surface area contributed by atoms with Crippen LogP contribution in [0.5, 0.6) is 0 Å². The Balaban J connectivity index is 2.36. The van der Waals surface area contributed by atoms with Crippen molar-refractivity contribution in [3.05, 3.63) is 0 Å². The fourth-order valence-corrected chi connectivity index (χ4v) is 2.15. The molecule has 0 bridgehead atoms. The molecule has 1 unspecified atom stereocenters. The van der Waals surface area contributed by atoms with E-state index in [4.69, 9.17) is 5.73 Å². The van der Waals surface area contributed by atoms with Crippen molar-refractivity contribution in [2.75, 3.05) is 13.1 Å². The molecule has 3 N–H and O–H groups in total. The van der Waals surface area contributed by atoms with Crippen molar-refractivity contribution in [2.24, 2.45) is 11.7 Å². The second kappa shape index (κ2) is 6.73. The zero-order valence-electron chi connectivity index (χ0n) is 11.6. The Bertz CT molecular complexity index is 299. The van der Waals surface area contributed by atoms with E-state index in [1.54, 1.807) is 6.92 Å². The molecule has 1 aliphatic heterocycles. The van der Waals surface area contributed by atoms with Crippen molar-refractivity contribution in [2.45, 2.75) is 52.1 Å². The highest BCUT2D eigenvalue weighted by molar-refractivity contribution is 5.82. The molecule has 0 saturated carbocycles. The van der Waals surface area contributed by atoms with Crippen molar-refractivity contribution in [3.8, 4) is 0 Å². The van der Waals surface area contributed by atoms with Crippen LogP contribution in [0, 0.1) is 5.92 Å². The highest BCUT2D eigenvalue weighted by Crippen LogP contribution is 2.12. The SMILES string of the molecule is CCC(C)[C@H](N)C(=O)NC1CCN(C(C)=O)CC1. The van der Waals surface area contributed by atoms with Gasteiger partial charge in [0.05, 0.1) is 6.04 Å². The van der Waals surface area contributed by atoms with E-state index in [1.807, 2.05) is 18.7 Å². The van der Waals surface area contributed by atoms with Gasteiger partial charge in [-0.15, -0.1) is 0 Å². The number of carbonyl (C=O) groups excluding carboxylic acids is 2. The molecule has 0 aromatic rings. The highest BCUT2D eigenvalue weighted by atomic mass is 16.2. The van der Waals surface area contributed by atoms with E-state index < -0.39 is 6.04 Å². The molecular weight excluding hydrogens is 230 g/mol. The fourth-order valence-electron chi connectivity index (χ4n) is 2.15. The summed E-state index contributed by atoms with van der Waals surface area (Å²) in [5.41, 5.74) is 5.89. The predicted molar refractivity (Wildman–Crippen MR) is 70.8 cm³/mol. The van der Waals surface area contributed by atoms with Crippen LogP contribution in [0.4, 0.5) is 0 Å². The highest BCUT2D eigenvalue weighted by Gasteiger charge is 2.25. The molecule has 104 valence electrons. The fraction of sp³-hybridized carbons (Fsp3) is 0.846. The van der Waals surface area contributed by atoms with Gasteiger partial charge >= 0.3 is 0 Å². The average molecular weight is 255 g/mol. The van der Waals surface area contributed by atoms with E-state index in [0.29, 0.717) is 0 Å². The first-order valence-corrected chi connectivity index (χ1v) is 6.77. The molecule has 1 saturated heterocycles.